The molecule has 2 aromatic rings. The van der Waals surface area contributed by atoms with Crippen molar-refractivity contribution in [3.63, 3.8) is 0 Å². The minimum atomic E-state index is -3.68. The molecular weight excluding hydrogens is 374 g/mol. The minimum Gasteiger partial charge on any atom is -0.491 e. The van der Waals surface area contributed by atoms with Gasteiger partial charge in [0.2, 0.25) is 10.0 Å². The van der Waals surface area contributed by atoms with Gasteiger partial charge in [-0.15, -0.1) is 0 Å². The Kier molecular flexibility index (Phi) is 6.02. The zero-order chi connectivity index (χ0) is 18.7. The smallest absolute Gasteiger partial charge is 0.246 e. The molecule has 2 heterocycles. The first-order chi connectivity index (χ1) is 12.4. The molecule has 0 amide bonds. The summed E-state index contributed by atoms with van der Waals surface area (Å²) in [5.41, 5.74) is 0. The standard InChI is InChI=1S/C18H24ClN3O3S/c1-3-13-25-17-15(6-5-14-7-8-20-18(19)16(14)17)26(23,24)22-10-4-9-21(2)11-12-22/h5-8H,3-4,9-13H2,1-2H3. The number of rotatable bonds is 5. The maximum absolute atomic E-state index is 13.3. The number of hydrogen-bond acceptors (Lipinski definition) is 5. The first kappa shape index (κ1) is 19.4. The van der Waals surface area contributed by atoms with Crippen LogP contribution in [-0.2, 0) is 10.0 Å². The first-order valence-corrected chi connectivity index (χ1v) is 10.7. The lowest BCUT2D eigenvalue weighted by atomic mass is 10.1. The fraction of sp³-hybridized carbons (Fsp3) is 0.500. The van der Waals surface area contributed by atoms with E-state index in [-0.39, 0.29) is 10.0 Å². The Morgan fingerprint density at radius 1 is 1.19 bits per heavy atom. The molecule has 1 aromatic carbocycles. The summed E-state index contributed by atoms with van der Waals surface area (Å²) in [6.45, 7) is 4.95. The van der Waals surface area contributed by atoms with Gasteiger partial charge in [0.1, 0.15) is 15.8 Å². The lowest BCUT2D eigenvalue weighted by Gasteiger charge is -2.22. The van der Waals surface area contributed by atoms with Crippen LogP contribution in [0.2, 0.25) is 5.15 Å². The van der Waals surface area contributed by atoms with Crippen molar-refractivity contribution in [3.8, 4) is 5.75 Å². The van der Waals surface area contributed by atoms with Crippen LogP contribution < -0.4 is 4.74 Å². The van der Waals surface area contributed by atoms with E-state index in [0.29, 0.717) is 37.4 Å². The highest BCUT2D eigenvalue weighted by atomic mass is 35.5. The van der Waals surface area contributed by atoms with Crippen molar-refractivity contribution < 1.29 is 13.2 Å². The first-order valence-electron chi connectivity index (χ1n) is 8.84. The van der Waals surface area contributed by atoms with Crippen molar-refractivity contribution in [2.45, 2.75) is 24.7 Å². The van der Waals surface area contributed by atoms with Crippen molar-refractivity contribution in [3.05, 3.63) is 29.5 Å². The van der Waals surface area contributed by atoms with E-state index < -0.39 is 10.0 Å². The molecule has 142 valence electrons. The normalized spacial score (nSPS) is 17.3. The fourth-order valence-electron chi connectivity index (χ4n) is 3.13. The number of benzene rings is 1. The summed E-state index contributed by atoms with van der Waals surface area (Å²) in [5.74, 6) is 0.306. The average Bonchev–Trinajstić information content (AvgIpc) is 2.84. The van der Waals surface area contributed by atoms with Crippen LogP contribution in [0.3, 0.4) is 0 Å². The van der Waals surface area contributed by atoms with Crippen LogP contribution in [0.4, 0.5) is 0 Å². The molecule has 0 unspecified atom stereocenters. The molecule has 1 saturated heterocycles. The molecule has 1 aliphatic heterocycles. The summed E-state index contributed by atoms with van der Waals surface area (Å²) in [7, 11) is -1.68. The van der Waals surface area contributed by atoms with Crippen LogP contribution in [0, 0.1) is 0 Å². The molecule has 0 aliphatic carbocycles. The number of halogens is 1. The zero-order valence-corrected chi connectivity index (χ0v) is 16.7. The number of nitrogens with zero attached hydrogens (tertiary/aromatic N) is 3. The Balaban J connectivity index is 2.12. The van der Waals surface area contributed by atoms with E-state index in [9.17, 15) is 8.42 Å². The summed E-state index contributed by atoms with van der Waals surface area (Å²) in [5, 5.41) is 1.61. The molecule has 1 aliphatic rings. The van der Waals surface area contributed by atoms with E-state index in [4.69, 9.17) is 16.3 Å². The second-order valence-corrected chi connectivity index (χ2v) is 8.77. The van der Waals surface area contributed by atoms with Crippen molar-refractivity contribution >= 4 is 32.4 Å². The Morgan fingerprint density at radius 3 is 2.77 bits per heavy atom. The van der Waals surface area contributed by atoms with Gasteiger partial charge in [0.05, 0.1) is 12.0 Å². The third-order valence-electron chi connectivity index (χ3n) is 4.55. The van der Waals surface area contributed by atoms with Crippen LogP contribution in [0.1, 0.15) is 19.8 Å². The Morgan fingerprint density at radius 2 is 2.00 bits per heavy atom. The number of likely N-dealkylation sites (N-methyl/N-ethyl adjacent to an activating group) is 1. The van der Waals surface area contributed by atoms with Gasteiger partial charge in [-0.3, -0.25) is 0 Å². The Labute approximate surface area is 159 Å². The number of fused-ring (bicyclic) bond motifs is 1. The summed E-state index contributed by atoms with van der Waals surface area (Å²) in [4.78, 5) is 6.42. The van der Waals surface area contributed by atoms with Crippen molar-refractivity contribution in [1.82, 2.24) is 14.2 Å². The van der Waals surface area contributed by atoms with Gasteiger partial charge in [-0.05, 0) is 44.0 Å². The van der Waals surface area contributed by atoms with Gasteiger partial charge >= 0.3 is 0 Å². The molecule has 26 heavy (non-hydrogen) atoms. The minimum absolute atomic E-state index is 0.165. The van der Waals surface area contributed by atoms with Gasteiger partial charge in [-0.1, -0.05) is 24.6 Å². The van der Waals surface area contributed by atoms with Gasteiger partial charge in [-0.25, -0.2) is 13.4 Å². The molecule has 3 rings (SSSR count). The summed E-state index contributed by atoms with van der Waals surface area (Å²) < 4.78 is 34.1. The molecular formula is C18H24ClN3O3S. The van der Waals surface area contributed by atoms with Crippen LogP contribution in [0.25, 0.3) is 10.8 Å². The van der Waals surface area contributed by atoms with E-state index >= 15 is 0 Å². The number of aromatic nitrogens is 1. The number of hydrogen-bond donors (Lipinski definition) is 0. The zero-order valence-electron chi connectivity index (χ0n) is 15.1. The highest BCUT2D eigenvalue weighted by Crippen LogP contribution is 2.38. The quantitative estimate of drug-likeness (QED) is 0.726. The van der Waals surface area contributed by atoms with Gasteiger partial charge in [0.25, 0.3) is 0 Å². The lowest BCUT2D eigenvalue weighted by molar-refractivity contribution is 0.311. The second kappa shape index (κ2) is 8.08. The predicted octanol–water partition coefficient (Wildman–Crippen LogP) is 3.00. The van der Waals surface area contributed by atoms with Crippen molar-refractivity contribution in [1.29, 1.82) is 0 Å². The highest BCUT2D eigenvalue weighted by Gasteiger charge is 2.30. The average molecular weight is 398 g/mol. The van der Waals surface area contributed by atoms with E-state index in [1.165, 1.54) is 0 Å². The number of sulfonamides is 1. The lowest BCUT2D eigenvalue weighted by Crippen LogP contribution is -2.34. The molecule has 0 bridgehead atoms. The van der Waals surface area contributed by atoms with Crippen LogP contribution in [0.15, 0.2) is 29.3 Å². The summed E-state index contributed by atoms with van der Waals surface area (Å²) >= 11 is 6.29. The Hall–Kier alpha value is -1.41. The van der Waals surface area contributed by atoms with Crippen LogP contribution in [0.5, 0.6) is 5.75 Å². The third kappa shape index (κ3) is 3.81. The SMILES string of the molecule is CCCOc1c(S(=O)(=O)N2CCCN(C)CC2)ccc2ccnc(Cl)c12. The Bertz CT molecular complexity index is 889. The third-order valence-corrected chi connectivity index (χ3v) is 6.76. The van der Waals surface area contributed by atoms with E-state index in [1.54, 1.807) is 28.7 Å². The number of ether oxygens (including phenoxy) is 1. The topological polar surface area (TPSA) is 62.7 Å². The largest absolute Gasteiger partial charge is 0.491 e. The summed E-state index contributed by atoms with van der Waals surface area (Å²) in [6, 6.07) is 5.18. The molecule has 1 aromatic heterocycles. The fourth-order valence-corrected chi connectivity index (χ4v) is 4.99. The molecule has 0 N–H and O–H groups in total. The molecule has 0 spiro atoms. The highest BCUT2D eigenvalue weighted by molar-refractivity contribution is 7.89. The molecule has 6 nitrogen and oxygen atoms in total. The van der Waals surface area contributed by atoms with Gasteiger partial charge in [0.15, 0.2) is 0 Å². The van der Waals surface area contributed by atoms with Gasteiger partial charge < -0.3 is 9.64 Å². The van der Waals surface area contributed by atoms with Crippen molar-refractivity contribution in [2.75, 3.05) is 39.8 Å². The van der Waals surface area contributed by atoms with Crippen molar-refractivity contribution in [2.24, 2.45) is 0 Å². The molecule has 0 atom stereocenters. The van der Waals surface area contributed by atoms with E-state index in [0.717, 1.165) is 24.8 Å². The van der Waals surface area contributed by atoms with E-state index in [2.05, 4.69) is 9.88 Å². The van der Waals surface area contributed by atoms with E-state index in [1.807, 2.05) is 14.0 Å². The molecule has 0 radical (unpaired) electrons. The number of pyridine rings is 1. The monoisotopic (exact) mass is 397 g/mol. The van der Waals surface area contributed by atoms with Crippen LogP contribution in [-0.4, -0.2) is 62.4 Å². The molecule has 0 saturated carbocycles. The molecule has 8 heteroatoms. The predicted molar refractivity (Wildman–Crippen MR) is 103 cm³/mol. The molecule has 1 fully saturated rings. The summed E-state index contributed by atoms with van der Waals surface area (Å²) in [6.07, 6.45) is 3.17. The second-order valence-electron chi connectivity index (χ2n) is 6.50. The van der Waals surface area contributed by atoms with Gasteiger partial charge in [0, 0.05) is 25.8 Å². The van der Waals surface area contributed by atoms with Crippen LogP contribution >= 0.6 is 11.6 Å². The van der Waals surface area contributed by atoms with Gasteiger partial charge in [-0.2, -0.15) is 4.31 Å². The maximum atomic E-state index is 13.3. The maximum Gasteiger partial charge on any atom is 0.246 e.